The Balaban J connectivity index is 1.91. The van der Waals surface area contributed by atoms with Gasteiger partial charge >= 0.3 is 5.97 Å². The van der Waals surface area contributed by atoms with E-state index in [1.54, 1.807) is 0 Å². The Morgan fingerprint density at radius 2 is 1.94 bits per heavy atom. The van der Waals surface area contributed by atoms with Gasteiger partial charge in [0, 0.05) is 13.1 Å². The molecule has 17 heavy (non-hydrogen) atoms. The Hall–Kier alpha value is -0.660. The lowest BCUT2D eigenvalue weighted by molar-refractivity contribution is -0.140. The van der Waals surface area contributed by atoms with Crippen LogP contribution in [0.1, 0.15) is 6.42 Å². The zero-order valence-electron chi connectivity index (χ0n) is 9.89. The van der Waals surface area contributed by atoms with Crippen LogP contribution in [-0.2, 0) is 19.6 Å². The summed E-state index contributed by atoms with van der Waals surface area (Å²) in [5.74, 6) is 0.243. The van der Waals surface area contributed by atoms with Crippen LogP contribution in [0.4, 0.5) is 0 Å². The SMILES string of the molecule is COC(=O)CCS(=O)(=O)N1CC2CNCC2C1. The van der Waals surface area contributed by atoms with Gasteiger partial charge in [0.15, 0.2) is 0 Å². The highest BCUT2D eigenvalue weighted by Gasteiger charge is 2.40. The van der Waals surface area contributed by atoms with Crippen molar-refractivity contribution in [1.29, 1.82) is 0 Å². The molecule has 2 unspecified atom stereocenters. The van der Waals surface area contributed by atoms with Gasteiger partial charge in [0.05, 0.1) is 19.3 Å². The number of nitrogens with one attached hydrogen (secondary N) is 1. The maximum atomic E-state index is 12.0. The number of carbonyl (C=O) groups is 1. The van der Waals surface area contributed by atoms with E-state index in [1.807, 2.05) is 0 Å². The van der Waals surface area contributed by atoms with E-state index in [4.69, 9.17) is 0 Å². The normalized spacial score (nSPS) is 29.2. The van der Waals surface area contributed by atoms with Crippen molar-refractivity contribution in [3.8, 4) is 0 Å². The van der Waals surface area contributed by atoms with Gasteiger partial charge in [-0.3, -0.25) is 4.79 Å². The lowest BCUT2D eigenvalue weighted by Gasteiger charge is -2.16. The number of ether oxygens (including phenoxy) is 1. The Kier molecular flexibility index (Phi) is 3.70. The van der Waals surface area contributed by atoms with Gasteiger partial charge in [-0.15, -0.1) is 0 Å². The van der Waals surface area contributed by atoms with Crippen LogP contribution in [0.25, 0.3) is 0 Å². The third-order valence-corrected chi connectivity index (χ3v) is 5.35. The van der Waals surface area contributed by atoms with E-state index in [9.17, 15) is 13.2 Å². The fourth-order valence-corrected chi connectivity index (χ4v) is 4.00. The van der Waals surface area contributed by atoms with E-state index in [0.717, 1.165) is 13.1 Å². The molecule has 2 aliphatic rings. The molecular weight excluding hydrogens is 244 g/mol. The molecule has 0 aliphatic carbocycles. The number of hydrogen-bond acceptors (Lipinski definition) is 5. The molecule has 2 rings (SSSR count). The maximum Gasteiger partial charge on any atom is 0.306 e. The van der Waals surface area contributed by atoms with Crippen molar-refractivity contribution in [2.24, 2.45) is 11.8 Å². The fraction of sp³-hybridized carbons (Fsp3) is 0.900. The quantitative estimate of drug-likeness (QED) is 0.660. The van der Waals surface area contributed by atoms with E-state index < -0.39 is 16.0 Å². The molecule has 2 aliphatic heterocycles. The Morgan fingerprint density at radius 3 is 2.47 bits per heavy atom. The summed E-state index contributed by atoms with van der Waals surface area (Å²) < 4.78 is 29.9. The third-order valence-electron chi connectivity index (χ3n) is 3.54. The van der Waals surface area contributed by atoms with Crippen molar-refractivity contribution in [3.63, 3.8) is 0 Å². The summed E-state index contributed by atoms with van der Waals surface area (Å²) in [5, 5.41) is 3.26. The molecule has 0 radical (unpaired) electrons. The molecule has 0 aromatic rings. The first-order valence-electron chi connectivity index (χ1n) is 5.78. The summed E-state index contributed by atoms with van der Waals surface area (Å²) >= 11 is 0. The summed E-state index contributed by atoms with van der Waals surface area (Å²) in [5.41, 5.74) is 0. The third kappa shape index (κ3) is 2.78. The molecule has 2 heterocycles. The molecule has 98 valence electrons. The van der Waals surface area contributed by atoms with Gasteiger partial charge in [0.2, 0.25) is 10.0 Å². The Morgan fingerprint density at radius 1 is 1.35 bits per heavy atom. The Bertz CT molecular complexity index is 383. The van der Waals surface area contributed by atoms with Crippen LogP contribution >= 0.6 is 0 Å². The van der Waals surface area contributed by atoms with Crippen molar-refractivity contribution in [3.05, 3.63) is 0 Å². The second-order valence-electron chi connectivity index (χ2n) is 4.64. The summed E-state index contributed by atoms with van der Waals surface area (Å²) in [6.45, 7) is 2.96. The van der Waals surface area contributed by atoms with Crippen LogP contribution in [0.5, 0.6) is 0 Å². The maximum absolute atomic E-state index is 12.0. The molecule has 6 nitrogen and oxygen atoms in total. The molecule has 0 amide bonds. The molecule has 2 fully saturated rings. The van der Waals surface area contributed by atoms with Crippen molar-refractivity contribution in [2.75, 3.05) is 39.0 Å². The smallest absolute Gasteiger partial charge is 0.306 e. The van der Waals surface area contributed by atoms with Crippen LogP contribution in [-0.4, -0.2) is 57.7 Å². The highest BCUT2D eigenvalue weighted by atomic mass is 32.2. The van der Waals surface area contributed by atoms with Crippen molar-refractivity contribution in [2.45, 2.75) is 6.42 Å². The predicted octanol–water partition coefficient (Wildman–Crippen LogP) is -0.969. The molecule has 2 atom stereocenters. The average Bonchev–Trinajstić information content (AvgIpc) is 2.86. The number of carbonyl (C=O) groups excluding carboxylic acids is 1. The summed E-state index contributed by atoms with van der Waals surface area (Å²) in [4.78, 5) is 11.0. The van der Waals surface area contributed by atoms with Crippen LogP contribution < -0.4 is 5.32 Å². The molecule has 0 bridgehead atoms. The minimum absolute atomic E-state index is 0.0666. The first-order chi connectivity index (χ1) is 8.03. The van der Waals surface area contributed by atoms with Crippen LogP contribution in [0, 0.1) is 11.8 Å². The molecule has 0 saturated carbocycles. The van der Waals surface area contributed by atoms with Gasteiger partial charge in [0.25, 0.3) is 0 Å². The second-order valence-corrected chi connectivity index (χ2v) is 6.73. The number of nitrogens with zero attached hydrogens (tertiary/aromatic N) is 1. The molecule has 1 N–H and O–H groups in total. The highest BCUT2D eigenvalue weighted by molar-refractivity contribution is 7.89. The van der Waals surface area contributed by atoms with Gasteiger partial charge in [-0.1, -0.05) is 0 Å². The number of hydrogen-bond donors (Lipinski definition) is 1. The topological polar surface area (TPSA) is 75.7 Å². The van der Waals surface area contributed by atoms with Gasteiger partial charge in [0.1, 0.15) is 0 Å². The van der Waals surface area contributed by atoms with E-state index in [-0.39, 0.29) is 12.2 Å². The summed E-state index contributed by atoms with van der Waals surface area (Å²) in [6.07, 6.45) is -0.0666. The first-order valence-corrected chi connectivity index (χ1v) is 7.39. The Labute approximate surface area is 101 Å². The molecule has 7 heteroatoms. The number of esters is 1. The predicted molar refractivity (Wildman–Crippen MR) is 61.8 cm³/mol. The lowest BCUT2D eigenvalue weighted by atomic mass is 10.0. The lowest BCUT2D eigenvalue weighted by Crippen LogP contribution is -2.34. The van der Waals surface area contributed by atoms with Crippen molar-refractivity contribution >= 4 is 16.0 Å². The van der Waals surface area contributed by atoms with Crippen LogP contribution in [0.2, 0.25) is 0 Å². The minimum Gasteiger partial charge on any atom is -0.469 e. The standard InChI is InChI=1S/C10H18N2O4S/c1-16-10(13)2-3-17(14,15)12-6-8-4-11-5-9(8)7-12/h8-9,11H,2-7H2,1H3. The molecular formula is C10H18N2O4S. The fourth-order valence-electron chi connectivity index (χ4n) is 2.48. The van der Waals surface area contributed by atoms with E-state index in [1.165, 1.54) is 11.4 Å². The summed E-state index contributed by atoms with van der Waals surface area (Å²) in [7, 11) is -2.04. The summed E-state index contributed by atoms with van der Waals surface area (Å²) in [6, 6.07) is 0. The zero-order chi connectivity index (χ0) is 12.5. The number of methoxy groups -OCH3 is 1. The highest BCUT2D eigenvalue weighted by Crippen LogP contribution is 2.28. The van der Waals surface area contributed by atoms with E-state index >= 15 is 0 Å². The molecule has 0 aromatic carbocycles. The molecule has 0 aromatic heterocycles. The number of fused-ring (bicyclic) bond motifs is 1. The number of rotatable bonds is 4. The zero-order valence-corrected chi connectivity index (χ0v) is 10.7. The largest absolute Gasteiger partial charge is 0.469 e. The van der Waals surface area contributed by atoms with Gasteiger partial charge in [-0.05, 0) is 24.9 Å². The van der Waals surface area contributed by atoms with Gasteiger partial charge in [-0.2, -0.15) is 0 Å². The van der Waals surface area contributed by atoms with E-state index in [2.05, 4.69) is 10.1 Å². The van der Waals surface area contributed by atoms with Crippen molar-refractivity contribution < 1.29 is 17.9 Å². The van der Waals surface area contributed by atoms with Crippen LogP contribution in [0.15, 0.2) is 0 Å². The monoisotopic (exact) mass is 262 g/mol. The van der Waals surface area contributed by atoms with Gasteiger partial charge in [-0.25, -0.2) is 12.7 Å². The molecule has 0 spiro atoms. The van der Waals surface area contributed by atoms with Gasteiger partial charge < -0.3 is 10.1 Å². The van der Waals surface area contributed by atoms with Crippen molar-refractivity contribution in [1.82, 2.24) is 9.62 Å². The van der Waals surface area contributed by atoms with E-state index in [0.29, 0.717) is 24.9 Å². The minimum atomic E-state index is -3.30. The first kappa shape index (κ1) is 12.8. The second kappa shape index (κ2) is 4.91. The van der Waals surface area contributed by atoms with Crippen LogP contribution in [0.3, 0.4) is 0 Å². The molecule has 2 saturated heterocycles. The average molecular weight is 262 g/mol. The number of sulfonamides is 1.